The van der Waals surface area contributed by atoms with E-state index in [1.165, 1.54) is 23.5 Å². The Labute approximate surface area is 90.5 Å². The van der Waals surface area contributed by atoms with Gasteiger partial charge < -0.3 is 4.74 Å². The SMILES string of the molecule is Cc1nnc(COc2ccc(F)cc2)s1. The molecule has 0 aliphatic heterocycles. The molecule has 2 rings (SSSR count). The lowest BCUT2D eigenvalue weighted by molar-refractivity contribution is 0.304. The van der Waals surface area contributed by atoms with Crippen molar-refractivity contribution in [1.82, 2.24) is 10.2 Å². The number of rotatable bonds is 3. The molecule has 0 saturated carbocycles. The molecule has 15 heavy (non-hydrogen) atoms. The van der Waals surface area contributed by atoms with E-state index in [4.69, 9.17) is 4.74 Å². The van der Waals surface area contributed by atoms with E-state index in [1.54, 1.807) is 12.1 Å². The zero-order chi connectivity index (χ0) is 10.7. The molecule has 0 saturated heterocycles. The van der Waals surface area contributed by atoms with Gasteiger partial charge in [0.2, 0.25) is 0 Å². The summed E-state index contributed by atoms with van der Waals surface area (Å²) in [6.45, 7) is 2.26. The average Bonchev–Trinajstić information content (AvgIpc) is 2.64. The summed E-state index contributed by atoms with van der Waals surface area (Å²) in [7, 11) is 0. The minimum absolute atomic E-state index is 0.269. The zero-order valence-corrected chi connectivity index (χ0v) is 8.92. The summed E-state index contributed by atoms with van der Waals surface area (Å²) >= 11 is 1.49. The molecule has 0 N–H and O–H groups in total. The van der Waals surface area contributed by atoms with E-state index in [2.05, 4.69) is 10.2 Å². The van der Waals surface area contributed by atoms with Gasteiger partial charge in [-0.25, -0.2) is 4.39 Å². The maximum Gasteiger partial charge on any atom is 0.155 e. The Hall–Kier alpha value is -1.49. The van der Waals surface area contributed by atoms with Crippen LogP contribution in [0.5, 0.6) is 5.75 Å². The lowest BCUT2D eigenvalue weighted by Crippen LogP contribution is -1.94. The predicted molar refractivity (Wildman–Crippen MR) is 55.4 cm³/mol. The summed E-state index contributed by atoms with van der Waals surface area (Å²) in [6.07, 6.45) is 0. The van der Waals surface area contributed by atoms with Crippen molar-refractivity contribution in [2.75, 3.05) is 0 Å². The van der Waals surface area contributed by atoms with Crippen molar-refractivity contribution in [2.24, 2.45) is 0 Å². The molecule has 5 heteroatoms. The number of halogens is 1. The number of ether oxygens (including phenoxy) is 1. The third-order valence-corrected chi connectivity index (χ3v) is 2.56. The Morgan fingerprint density at radius 1 is 1.27 bits per heavy atom. The summed E-state index contributed by atoms with van der Waals surface area (Å²) < 4.78 is 18.0. The van der Waals surface area contributed by atoms with Gasteiger partial charge >= 0.3 is 0 Å². The number of nitrogens with zero attached hydrogens (tertiary/aromatic N) is 2. The maximum atomic E-state index is 12.6. The van der Waals surface area contributed by atoms with Crippen LogP contribution in [0.1, 0.15) is 10.0 Å². The van der Waals surface area contributed by atoms with E-state index < -0.39 is 0 Å². The van der Waals surface area contributed by atoms with Gasteiger partial charge in [0.1, 0.15) is 23.2 Å². The van der Waals surface area contributed by atoms with E-state index in [0.29, 0.717) is 12.4 Å². The fourth-order valence-electron chi connectivity index (χ4n) is 1.07. The highest BCUT2D eigenvalue weighted by Crippen LogP contribution is 2.15. The lowest BCUT2D eigenvalue weighted by atomic mass is 10.3. The Bertz CT molecular complexity index is 441. The Kier molecular flexibility index (Phi) is 2.91. The molecule has 2 aromatic rings. The highest BCUT2D eigenvalue weighted by atomic mass is 32.1. The van der Waals surface area contributed by atoms with Crippen molar-refractivity contribution < 1.29 is 9.13 Å². The van der Waals surface area contributed by atoms with Crippen molar-refractivity contribution in [1.29, 1.82) is 0 Å². The van der Waals surface area contributed by atoms with Gasteiger partial charge in [0, 0.05) is 0 Å². The lowest BCUT2D eigenvalue weighted by Gasteiger charge is -2.02. The van der Waals surface area contributed by atoms with Gasteiger partial charge in [-0.1, -0.05) is 11.3 Å². The predicted octanol–water partition coefficient (Wildman–Crippen LogP) is 2.56. The molecule has 0 aliphatic rings. The molecular formula is C10H9FN2OS. The molecule has 0 atom stereocenters. The first-order valence-electron chi connectivity index (χ1n) is 4.41. The maximum absolute atomic E-state index is 12.6. The van der Waals surface area contributed by atoms with E-state index in [1.807, 2.05) is 6.92 Å². The molecular weight excluding hydrogens is 215 g/mol. The molecule has 0 unspecified atom stereocenters. The van der Waals surface area contributed by atoms with Crippen LogP contribution in [0.3, 0.4) is 0 Å². The molecule has 78 valence electrons. The Morgan fingerprint density at radius 3 is 2.60 bits per heavy atom. The van der Waals surface area contributed by atoms with Crippen LogP contribution in [-0.2, 0) is 6.61 Å². The quantitative estimate of drug-likeness (QED) is 0.803. The fourth-order valence-corrected chi connectivity index (χ4v) is 1.69. The van der Waals surface area contributed by atoms with Crippen LogP contribution in [-0.4, -0.2) is 10.2 Å². The molecule has 0 aliphatic carbocycles. The summed E-state index contributed by atoms with van der Waals surface area (Å²) in [5.41, 5.74) is 0. The molecule has 0 amide bonds. The number of hydrogen-bond donors (Lipinski definition) is 0. The second-order valence-corrected chi connectivity index (χ2v) is 4.22. The molecule has 0 radical (unpaired) electrons. The van der Waals surface area contributed by atoms with E-state index in [9.17, 15) is 4.39 Å². The topological polar surface area (TPSA) is 35.0 Å². The van der Waals surface area contributed by atoms with Crippen LogP contribution in [0.25, 0.3) is 0 Å². The van der Waals surface area contributed by atoms with Crippen molar-refractivity contribution in [3.63, 3.8) is 0 Å². The molecule has 1 aromatic carbocycles. The summed E-state index contributed by atoms with van der Waals surface area (Å²) in [5, 5.41) is 9.52. The smallest absolute Gasteiger partial charge is 0.155 e. The third kappa shape index (κ3) is 2.73. The number of aromatic nitrogens is 2. The minimum Gasteiger partial charge on any atom is -0.486 e. The van der Waals surface area contributed by atoms with Crippen molar-refractivity contribution in [3.8, 4) is 5.75 Å². The minimum atomic E-state index is -0.269. The standard InChI is InChI=1S/C10H9FN2OS/c1-7-12-13-10(15-7)6-14-9-4-2-8(11)3-5-9/h2-5H,6H2,1H3. The largest absolute Gasteiger partial charge is 0.486 e. The van der Waals surface area contributed by atoms with Crippen LogP contribution in [0.4, 0.5) is 4.39 Å². The van der Waals surface area contributed by atoms with Crippen LogP contribution >= 0.6 is 11.3 Å². The van der Waals surface area contributed by atoms with E-state index in [-0.39, 0.29) is 5.82 Å². The van der Waals surface area contributed by atoms with Gasteiger partial charge in [-0.05, 0) is 31.2 Å². The van der Waals surface area contributed by atoms with E-state index >= 15 is 0 Å². The van der Waals surface area contributed by atoms with Crippen LogP contribution in [0, 0.1) is 12.7 Å². The first-order chi connectivity index (χ1) is 7.24. The second kappa shape index (κ2) is 4.35. The Morgan fingerprint density at radius 2 is 2.00 bits per heavy atom. The normalized spacial score (nSPS) is 10.3. The van der Waals surface area contributed by atoms with E-state index in [0.717, 1.165) is 10.0 Å². The summed E-state index contributed by atoms with van der Waals surface area (Å²) in [6, 6.07) is 5.90. The van der Waals surface area contributed by atoms with Crippen molar-refractivity contribution in [3.05, 3.63) is 40.1 Å². The number of hydrogen-bond acceptors (Lipinski definition) is 4. The van der Waals surface area contributed by atoms with Gasteiger partial charge in [-0.3, -0.25) is 0 Å². The third-order valence-electron chi connectivity index (χ3n) is 1.74. The van der Waals surface area contributed by atoms with Crippen LogP contribution < -0.4 is 4.74 Å². The Balaban J connectivity index is 1.96. The van der Waals surface area contributed by atoms with Crippen molar-refractivity contribution >= 4 is 11.3 Å². The fraction of sp³-hybridized carbons (Fsp3) is 0.200. The average molecular weight is 224 g/mol. The number of aryl methyl sites for hydroxylation is 1. The molecule has 0 bridgehead atoms. The van der Waals surface area contributed by atoms with Gasteiger partial charge in [-0.2, -0.15) is 0 Å². The number of benzene rings is 1. The molecule has 0 fully saturated rings. The molecule has 3 nitrogen and oxygen atoms in total. The highest BCUT2D eigenvalue weighted by molar-refractivity contribution is 7.11. The summed E-state index contributed by atoms with van der Waals surface area (Å²) in [5.74, 6) is 0.360. The van der Waals surface area contributed by atoms with Crippen LogP contribution in [0.2, 0.25) is 0 Å². The van der Waals surface area contributed by atoms with Gasteiger partial charge in [0.05, 0.1) is 0 Å². The monoisotopic (exact) mass is 224 g/mol. The summed E-state index contributed by atoms with van der Waals surface area (Å²) in [4.78, 5) is 0. The van der Waals surface area contributed by atoms with Crippen molar-refractivity contribution in [2.45, 2.75) is 13.5 Å². The van der Waals surface area contributed by atoms with Gasteiger partial charge in [0.15, 0.2) is 5.01 Å². The highest BCUT2D eigenvalue weighted by Gasteiger charge is 2.01. The van der Waals surface area contributed by atoms with Gasteiger partial charge in [-0.15, -0.1) is 10.2 Å². The zero-order valence-electron chi connectivity index (χ0n) is 8.11. The molecule has 1 aromatic heterocycles. The van der Waals surface area contributed by atoms with Crippen LogP contribution in [0.15, 0.2) is 24.3 Å². The second-order valence-electron chi connectivity index (χ2n) is 2.96. The first-order valence-corrected chi connectivity index (χ1v) is 5.23. The molecule has 0 spiro atoms. The first kappa shape index (κ1) is 10.0. The molecule has 1 heterocycles. The van der Waals surface area contributed by atoms with Gasteiger partial charge in [0.25, 0.3) is 0 Å².